The third kappa shape index (κ3) is 3.33. The van der Waals surface area contributed by atoms with Crippen LogP contribution in [0.2, 0.25) is 0 Å². The van der Waals surface area contributed by atoms with Crippen molar-refractivity contribution in [3.63, 3.8) is 0 Å². The van der Waals surface area contributed by atoms with Crippen LogP contribution in [0.1, 0.15) is 45.1 Å². The number of halogens is 1. The van der Waals surface area contributed by atoms with Crippen LogP contribution < -0.4 is 10.9 Å². The minimum Gasteiger partial charge on any atom is -0.459 e. The van der Waals surface area contributed by atoms with Crippen molar-refractivity contribution in [3.05, 3.63) is 71.2 Å². The number of amides is 2. The molecule has 4 rings (SSSR count). The first-order valence-corrected chi connectivity index (χ1v) is 8.64. The van der Waals surface area contributed by atoms with E-state index in [1.807, 2.05) is 0 Å². The lowest BCUT2D eigenvalue weighted by atomic mass is 9.95. The highest BCUT2D eigenvalue weighted by Gasteiger charge is 2.26. The van der Waals surface area contributed by atoms with Gasteiger partial charge in [0, 0.05) is 11.3 Å². The Balaban J connectivity index is 1.59. The van der Waals surface area contributed by atoms with Gasteiger partial charge >= 0.3 is 5.91 Å². The summed E-state index contributed by atoms with van der Waals surface area (Å²) in [5.41, 5.74) is 7.44. The molecule has 1 aliphatic carbocycles. The summed E-state index contributed by atoms with van der Waals surface area (Å²) in [5.74, 6) is -1.30. The van der Waals surface area contributed by atoms with Crippen molar-refractivity contribution in [2.75, 3.05) is 0 Å². The van der Waals surface area contributed by atoms with Crippen LogP contribution >= 0.6 is 0 Å². The molecule has 0 radical (unpaired) electrons. The molecular weight excluding hydrogens is 351 g/mol. The van der Waals surface area contributed by atoms with Gasteiger partial charge in [0.1, 0.15) is 5.82 Å². The molecule has 1 aliphatic rings. The molecule has 0 saturated heterocycles. The maximum atomic E-state index is 13.2. The number of carbonyl (C=O) groups is 2. The van der Waals surface area contributed by atoms with Crippen LogP contribution in [0.4, 0.5) is 4.39 Å². The van der Waals surface area contributed by atoms with Crippen molar-refractivity contribution in [1.82, 2.24) is 20.6 Å². The monoisotopic (exact) mass is 368 g/mol. The molecule has 0 bridgehead atoms. The van der Waals surface area contributed by atoms with Gasteiger partial charge in [-0.15, -0.1) is 0 Å². The van der Waals surface area contributed by atoms with E-state index in [1.54, 1.807) is 22.9 Å². The van der Waals surface area contributed by atoms with Crippen molar-refractivity contribution < 1.29 is 18.4 Å². The maximum absolute atomic E-state index is 13.2. The van der Waals surface area contributed by atoms with Crippen molar-refractivity contribution in [2.45, 2.75) is 25.7 Å². The summed E-state index contributed by atoms with van der Waals surface area (Å²) in [5, 5.41) is 4.44. The van der Waals surface area contributed by atoms with Crippen LogP contribution in [-0.2, 0) is 12.8 Å². The van der Waals surface area contributed by atoms with E-state index in [9.17, 15) is 14.0 Å². The predicted molar refractivity (Wildman–Crippen MR) is 93.8 cm³/mol. The number of hydrogen-bond acceptors (Lipinski definition) is 4. The third-order valence-electron chi connectivity index (χ3n) is 4.50. The van der Waals surface area contributed by atoms with Gasteiger partial charge in [-0.2, -0.15) is 5.10 Å². The largest absolute Gasteiger partial charge is 0.459 e. The molecule has 0 unspecified atom stereocenters. The third-order valence-corrected chi connectivity index (χ3v) is 4.50. The van der Waals surface area contributed by atoms with E-state index in [0.29, 0.717) is 5.69 Å². The highest BCUT2D eigenvalue weighted by atomic mass is 19.1. The number of rotatable bonds is 3. The Hall–Kier alpha value is -3.42. The van der Waals surface area contributed by atoms with E-state index in [1.165, 1.54) is 24.5 Å². The Morgan fingerprint density at radius 1 is 1.04 bits per heavy atom. The quantitative estimate of drug-likeness (QED) is 0.696. The Kier molecular flexibility index (Phi) is 4.45. The van der Waals surface area contributed by atoms with Crippen LogP contribution in [0.5, 0.6) is 0 Å². The molecular formula is C19H17FN4O3. The van der Waals surface area contributed by atoms with E-state index >= 15 is 0 Å². The van der Waals surface area contributed by atoms with Gasteiger partial charge in [0.15, 0.2) is 11.5 Å². The Morgan fingerprint density at radius 2 is 1.78 bits per heavy atom. The number of carbonyl (C=O) groups excluding carboxylic acids is 2. The lowest BCUT2D eigenvalue weighted by Crippen LogP contribution is -2.42. The first-order valence-electron chi connectivity index (χ1n) is 8.64. The van der Waals surface area contributed by atoms with Crippen LogP contribution in [0.15, 0.2) is 47.1 Å². The van der Waals surface area contributed by atoms with E-state index in [-0.39, 0.29) is 17.3 Å². The molecule has 1 aromatic carbocycles. The minimum atomic E-state index is -0.555. The molecule has 0 spiro atoms. The normalized spacial score (nSPS) is 13.1. The number of nitrogens with one attached hydrogen (secondary N) is 2. The summed E-state index contributed by atoms with van der Waals surface area (Å²) in [6, 6.07) is 9.03. The second-order valence-electron chi connectivity index (χ2n) is 6.25. The molecule has 2 amide bonds. The number of hydrazine groups is 1. The fourth-order valence-corrected chi connectivity index (χ4v) is 3.22. The molecule has 0 atom stereocenters. The smallest absolute Gasteiger partial charge is 0.305 e. The second-order valence-corrected chi connectivity index (χ2v) is 6.25. The zero-order chi connectivity index (χ0) is 18.8. The Labute approximate surface area is 154 Å². The van der Waals surface area contributed by atoms with Crippen LogP contribution in [0.25, 0.3) is 5.69 Å². The number of aromatic nitrogens is 2. The lowest BCUT2D eigenvalue weighted by molar-refractivity contribution is 0.0827. The highest BCUT2D eigenvalue weighted by Crippen LogP contribution is 2.27. The van der Waals surface area contributed by atoms with E-state index < -0.39 is 11.8 Å². The summed E-state index contributed by atoms with van der Waals surface area (Å²) in [6.07, 6.45) is 4.84. The molecule has 2 aromatic heterocycles. The SMILES string of the molecule is O=C(NNC(=O)c1nn(-c2ccc(F)cc2)c2c1CCCC2)c1ccco1. The number of furan rings is 1. The van der Waals surface area contributed by atoms with Crippen LogP contribution in [-0.4, -0.2) is 21.6 Å². The van der Waals surface area contributed by atoms with E-state index in [4.69, 9.17) is 4.42 Å². The lowest BCUT2D eigenvalue weighted by Gasteiger charge is -2.14. The van der Waals surface area contributed by atoms with Gasteiger partial charge in [0.05, 0.1) is 12.0 Å². The maximum Gasteiger partial charge on any atom is 0.305 e. The predicted octanol–water partition coefficient (Wildman–Crippen LogP) is 2.56. The first kappa shape index (κ1) is 17.0. The van der Waals surface area contributed by atoms with E-state index in [0.717, 1.165) is 36.9 Å². The summed E-state index contributed by atoms with van der Waals surface area (Å²) in [4.78, 5) is 24.5. The Bertz CT molecular complexity index is 977. The Morgan fingerprint density at radius 3 is 2.52 bits per heavy atom. The molecule has 0 saturated carbocycles. The van der Waals surface area contributed by atoms with Crippen molar-refractivity contribution >= 4 is 11.8 Å². The number of hydrogen-bond donors (Lipinski definition) is 2. The highest BCUT2D eigenvalue weighted by molar-refractivity contribution is 5.97. The molecule has 0 aliphatic heterocycles. The van der Waals surface area contributed by atoms with E-state index in [2.05, 4.69) is 16.0 Å². The van der Waals surface area contributed by atoms with Gasteiger partial charge in [-0.05, 0) is 62.1 Å². The molecule has 0 fully saturated rings. The van der Waals surface area contributed by atoms with Gasteiger partial charge in [-0.25, -0.2) is 9.07 Å². The fourth-order valence-electron chi connectivity index (χ4n) is 3.22. The average Bonchev–Trinajstić information content (AvgIpc) is 3.35. The van der Waals surface area contributed by atoms with Crippen molar-refractivity contribution in [3.8, 4) is 5.69 Å². The molecule has 3 aromatic rings. The summed E-state index contributed by atoms with van der Waals surface area (Å²) >= 11 is 0. The zero-order valence-electron chi connectivity index (χ0n) is 14.4. The van der Waals surface area contributed by atoms with Gasteiger partial charge in [-0.1, -0.05) is 0 Å². The standard InChI is InChI=1S/C19H17FN4O3/c20-12-7-9-13(10-8-12)24-15-5-2-1-4-14(15)17(23-24)19(26)22-21-18(25)16-6-3-11-27-16/h3,6-11H,1-2,4-5H2,(H,21,25)(H,22,26). The molecule has 2 N–H and O–H groups in total. The topological polar surface area (TPSA) is 89.2 Å². The minimum absolute atomic E-state index is 0.0918. The first-order chi connectivity index (χ1) is 13.1. The zero-order valence-corrected chi connectivity index (χ0v) is 14.4. The molecule has 8 heteroatoms. The van der Waals surface area contributed by atoms with Gasteiger partial charge in [0.2, 0.25) is 0 Å². The molecule has 7 nitrogen and oxygen atoms in total. The van der Waals surface area contributed by atoms with Gasteiger partial charge < -0.3 is 4.42 Å². The molecule has 27 heavy (non-hydrogen) atoms. The summed E-state index contributed by atoms with van der Waals surface area (Å²) < 4.78 is 19.9. The molecule has 138 valence electrons. The number of fused-ring (bicyclic) bond motifs is 1. The van der Waals surface area contributed by atoms with Crippen LogP contribution in [0, 0.1) is 5.82 Å². The van der Waals surface area contributed by atoms with Gasteiger partial charge in [0.25, 0.3) is 5.91 Å². The summed E-state index contributed by atoms with van der Waals surface area (Å²) in [6.45, 7) is 0. The number of benzene rings is 1. The summed E-state index contributed by atoms with van der Waals surface area (Å²) in [7, 11) is 0. The average molecular weight is 368 g/mol. The van der Waals surface area contributed by atoms with Crippen molar-refractivity contribution in [2.24, 2.45) is 0 Å². The van der Waals surface area contributed by atoms with Crippen LogP contribution in [0.3, 0.4) is 0 Å². The van der Waals surface area contributed by atoms with Gasteiger partial charge in [-0.3, -0.25) is 20.4 Å². The molecule has 2 heterocycles. The number of nitrogens with zero attached hydrogens (tertiary/aromatic N) is 2. The fraction of sp³-hybridized carbons (Fsp3) is 0.211. The van der Waals surface area contributed by atoms with Crippen molar-refractivity contribution in [1.29, 1.82) is 0 Å². The second kappa shape index (κ2) is 7.06.